The summed E-state index contributed by atoms with van der Waals surface area (Å²) in [4.78, 5) is 15.4. The largest absolute Gasteiger partial charge is 0.494 e. The maximum absolute atomic E-state index is 13.5. The zero-order chi connectivity index (χ0) is 22.1. The third-order valence-corrected chi connectivity index (χ3v) is 5.89. The second kappa shape index (κ2) is 8.35. The Hall–Kier alpha value is -3.86. The van der Waals surface area contributed by atoms with E-state index in [1.54, 1.807) is 0 Å². The molecule has 0 saturated carbocycles. The number of aryl methyl sites for hydroxylation is 1. The number of benzene rings is 3. The smallest absolute Gasteiger partial charge is 0.273 e. The van der Waals surface area contributed by atoms with Gasteiger partial charge in [0.15, 0.2) is 0 Å². The lowest BCUT2D eigenvalue weighted by atomic mass is 9.95. The van der Waals surface area contributed by atoms with Gasteiger partial charge in [0, 0.05) is 17.7 Å². The molecule has 1 aromatic heterocycles. The lowest BCUT2D eigenvalue weighted by molar-refractivity contribution is 0.0730. The molecule has 3 aromatic carbocycles. The Morgan fingerprint density at radius 3 is 2.38 bits per heavy atom. The minimum Gasteiger partial charge on any atom is -0.494 e. The second-order valence-corrected chi connectivity index (χ2v) is 8.05. The molecule has 5 rings (SSSR count). The van der Waals surface area contributed by atoms with Crippen LogP contribution in [0.3, 0.4) is 0 Å². The van der Waals surface area contributed by atoms with Crippen LogP contribution in [0.2, 0.25) is 0 Å². The molecule has 5 nitrogen and oxygen atoms in total. The third kappa shape index (κ3) is 3.56. The van der Waals surface area contributed by atoms with E-state index >= 15 is 0 Å². The highest BCUT2D eigenvalue weighted by atomic mass is 16.5. The van der Waals surface area contributed by atoms with Gasteiger partial charge in [-0.05, 0) is 37.1 Å². The number of amides is 1. The van der Waals surface area contributed by atoms with Crippen molar-refractivity contribution in [3.63, 3.8) is 0 Å². The molecule has 0 saturated heterocycles. The van der Waals surface area contributed by atoms with Gasteiger partial charge in [0.25, 0.3) is 5.91 Å². The van der Waals surface area contributed by atoms with E-state index in [9.17, 15) is 4.79 Å². The first-order valence-corrected chi connectivity index (χ1v) is 10.9. The number of nitrogens with zero attached hydrogens (tertiary/aromatic N) is 2. The fourth-order valence-corrected chi connectivity index (χ4v) is 4.33. The zero-order valence-electron chi connectivity index (χ0n) is 18.2. The number of rotatable bonds is 6. The lowest BCUT2D eigenvalue weighted by Crippen LogP contribution is -2.29. The molecule has 0 spiro atoms. The Kier molecular flexibility index (Phi) is 5.23. The van der Waals surface area contributed by atoms with Gasteiger partial charge in [0.2, 0.25) is 0 Å². The molecule has 0 fully saturated rings. The second-order valence-electron chi connectivity index (χ2n) is 8.05. The highest BCUT2D eigenvalue weighted by molar-refractivity contribution is 6.00. The fourth-order valence-electron chi connectivity index (χ4n) is 4.33. The highest BCUT2D eigenvalue weighted by Gasteiger charge is 2.42. The number of ether oxygens (including phenoxy) is 1. The monoisotopic (exact) mass is 423 g/mol. The van der Waals surface area contributed by atoms with Crippen LogP contribution >= 0.6 is 0 Å². The van der Waals surface area contributed by atoms with Crippen molar-refractivity contribution in [3.05, 3.63) is 107 Å². The summed E-state index contributed by atoms with van der Waals surface area (Å²) in [5, 5.41) is 7.59. The maximum atomic E-state index is 13.5. The molecule has 1 amide bonds. The molecule has 5 heteroatoms. The van der Waals surface area contributed by atoms with Gasteiger partial charge in [0.1, 0.15) is 11.4 Å². The summed E-state index contributed by atoms with van der Waals surface area (Å²) in [6, 6.07) is 26.1. The zero-order valence-corrected chi connectivity index (χ0v) is 18.2. The van der Waals surface area contributed by atoms with E-state index in [0.29, 0.717) is 18.8 Å². The Morgan fingerprint density at radius 2 is 1.69 bits per heavy atom. The van der Waals surface area contributed by atoms with Gasteiger partial charge < -0.3 is 9.64 Å². The summed E-state index contributed by atoms with van der Waals surface area (Å²) in [6.07, 6.45) is 0. The molecule has 0 radical (unpaired) electrons. The topological polar surface area (TPSA) is 58.2 Å². The van der Waals surface area contributed by atoms with E-state index < -0.39 is 0 Å². The van der Waals surface area contributed by atoms with E-state index in [2.05, 4.69) is 41.4 Å². The summed E-state index contributed by atoms with van der Waals surface area (Å²) in [5.41, 5.74) is 6.62. The van der Waals surface area contributed by atoms with E-state index in [1.807, 2.05) is 66.4 Å². The predicted molar refractivity (Wildman–Crippen MR) is 125 cm³/mol. The third-order valence-electron chi connectivity index (χ3n) is 5.89. The first-order chi connectivity index (χ1) is 15.7. The van der Waals surface area contributed by atoms with E-state index in [0.717, 1.165) is 33.7 Å². The van der Waals surface area contributed by atoms with Crippen LogP contribution in [0.25, 0.3) is 11.3 Å². The average molecular weight is 424 g/mol. The van der Waals surface area contributed by atoms with Crippen LogP contribution in [0.4, 0.5) is 0 Å². The molecule has 32 heavy (non-hydrogen) atoms. The minimum absolute atomic E-state index is 0.0337. The quantitative estimate of drug-likeness (QED) is 0.444. The number of nitrogens with one attached hydrogen (secondary N) is 1. The molecule has 1 aliphatic rings. The number of aromatic nitrogens is 2. The van der Waals surface area contributed by atoms with Gasteiger partial charge >= 0.3 is 0 Å². The van der Waals surface area contributed by atoms with Crippen molar-refractivity contribution in [2.45, 2.75) is 26.4 Å². The molecule has 160 valence electrons. The van der Waals surface area contributed by atoms with Crippen LogP contribution < -0.4 is 4.74 Å². The average Bonchev–Trinajstić information content (AvgIpc) is 3.35. The molecule has 4 aromatic rings. The Bertz CT molecular complexity index is 1230. The molecule has 0 bridgehead atoms. The van der Waals surface area contributed by atoms with Crippen molar-refractivity contribution in [2.24, 2.45) is 0 Å². The van der Waals surface area contributed by atoms with Crippen LogP contribution in [-0.4, -0.2) is 27.6 Å². The Labute approximate surface area is 187 Å². The number of fused-ring (bicyclic) bond motifs is 1. The first kappa shape index (κ1) is 20.1. The molecule has 0 aliphatic carbocycles. The van der Waals surface area contributed by atoms with Crippen molar-refractivity contribution < 1.29 is 9.53 Å². The number of hydrogen-bond acceptors (Lipinski definition) is 3. The number of H-pyrrole nitrogens is 1. The van der Waals surface area contributed by atoms with Gasteiger partial charge in [-0.25, -0.2) is 0 Å². The summed E-state index contributed by atoms with van der Waals surface area (Å²) in [6.45, 7) is 5.17. The number of carbonyl (C=O) groups excluding carboxylic acids is 1. The molecule has 1 N–H and O–H groups in total. The molecule has 1 aliphatic heterocycles. The van der Waals surface area contributed by atoms with Crippen LogP contribution in [0, 0.1) is 6.92 Å². The SMILES string of the molecule is CCOc1ccc(C2c3c(-c4ccc(C)cc4)n[nH]c3C(=O)N2Cc2ccccc2)cc1. The van der Waals surface area contributed by atoms with Crippen molar-refractivity contribution in [3.8, 4) is 17.0 Å². The summed E-state index contributed by atoms with van der Waals surface area (Å²) < 4.78 is 5.63. The van der Waals surface area contributed by atoms with Crippen molar-refractivity contribution in [2.75, 3.05) is 6.61 Å². The normalized spacial score (nSPS) is 15.1. The number of aromatic amines is 1. The van der Waals surface area contributed by atoms with Crippen LogP contribution in [0.15, 0.2) is 78.9 Å². The first-order valence-electron chi connectivity index (χ1n) is 10.9. The van der Waals surface area contributed by atoms with Gasteiger partial charge in [-0.2, -0.15) is 5.10 Å². The van der Waals surface area contributed by atoms with E-state index in [4.69, 9.17) is 4.74 Å². The fraction of sp³-hybridized carbons (Fsp3) is 0.185. The van der Waals surface area contributed by atoms with Crippen molar-refractivity contribution in [1.82, 2.24) is 15.1 Å². The summed E-state index contributed by atoms with van der Waals surface area (Å²) in [5.74, 6) is 0.787. The van der Waals surface area contributed by atoms with E-state index in [1.165, 1.54) is 5.56 Å². The standard InChI is InChI=1S/C27H25N3O2/c1-3-32-22-15-13-21(14-16-22)26-23-24(20-11-9-18(2)10-12-20)28-29-25(23)27(31)30(26)17-19-7-5-4-6-8-19/h4-16,26H,3,17H2,1-2H3,(H,28,29). The van der Waals surface area contributed by atoms with Crippen LogP contribution in [0.1, 0.15) is 45.7 Å². The molecule has 1 atom stereocenters. The number of carbonyl (C=O) groups is 1. The van der Waals surface area contributed by atoms with Gasteiger partial charge in [-0.1, -0.05) is 72.3 Å². The van der Waals surface area contributed by atoms with Crippen LogP contribution in [0.5, 0.6) is 5.75 Å². The number of hydrogen-bond donors (Lipinski definition) is 1. The van der Waals surface area contributed by atoms with E-state index in [-0.39, 0.29) is 11.9 Å². The lowest BCUT2D eigenvalue weighted by Gasteiger charge is -2.26. The minimum atomic E-state index is -0.233. The molecule has 1 unspecified atom stereocenters. The van der Waals surface area contributed by atoms with Gasteiger partial charge in [-0.3, -0.25) is 9.89 Å². The summed E-state index contributed by atoms with van der Waals surface area (Å²) in [7, 11) is 0. The Morgan fingerprint density at radius 1 is 0.969 bits per heavy atom. The maximum Gasteiger partial charge on any atom is 0.273 e. The van der Waals surface area contributed by atoms with Crippen molar-refractivity contribution in [1.29, 1.82) is 0 Å². The predicted octanol–water partition coefficient (Wildman–Crippen LogP) is 5.53. The molecular weight excluding hydrogens is 398 g/mol. The van der Waals surface area contributed by atoms with Crippen LogP contribution in [-0.2, 0) is 6.54 Å². The molecule has 2 heterocycles. The van der Waals surface area contributed by atoms with Gasteiger partial charge in [-0.15, -0.1) is 0 Å². The molecular formula is C27H25N3O2. The van der Waals surface area contributed by atoms with Crippen molar-refractivity contribution >= 4 is 5.91 Å². The van der Waals surface area contributed by atoms with Gasteiger partial charge in [0.05, 0.1) is 18.3 Å². The highest BCUT2D eigenvalue weighted by Crippen LogP contribution is 2.43. The Balaban J connectivity index is 1.61. The summed E-state index contributed by atoms with van der Waals surface area (Å²) >= 11 is 0.